The van der Waals surface area contributed by atoms with Crippen LogP contribution in [-0.4, -0.2) is 55.0 Å². The van der Waals surface area contributed by atoms with E-state index in [1.165, 1.54) is 4.90 Å². The van der Waals surface area contributed by atoms with Gasteiger partial charge in [-0.3, -0.25) is 9.69 Å². The molecule has 34 heavy (non-hydrogen) atoms. The summed E-state index contributed by atoms with van der Waals surface area (Å²) < 4.78 is 22.5. The Bertz CT molecular complexity index is 1150. The third-order valence-corrected chi connectivity index (χ3v) is 7.07. The predicted molar refractivity (Wildman–Crippen MR) is 121 cm³/mol. The second-order valence-corrected chi connectivity index (χ2v) is 9.22. The van der Waals surface area contributed by atoms with Gasteiger partial charge in [0, 0.05) is 19.0 Å². The van der Waals surface area contributed by atoms with E-state index in [1.807, 2.05) is 12.1 Å². The third kappa shape index (κ3) is 3.42. The van der Waals surface area contributed by atoms with Gasteiger partial charge in [-0.1, -0.05) is 12.1 Å². The first kappa shape index (κ1) is 21.1. The Labute approximate surface area is 197 Å². The fourth-order valence-corrected chi connectivity index (χ4v) is 5.17. The summed E-state index contributed by atoms with van der Waals surface area (Å²) in [5.74, 6) is 2.46. The number of amides is 3. The number of likely N-dealkylation sites (tertiary alicyclic amines) is 1. The Hall–Kier alpha value is -3.46. The number of hydrogen-bond donors (Lipinski definition) is 1. The minimum Gasteiger partial charge on any atom is -0.490 e. The van der Waals surface area contributed by atoms with Gasteiger partial charge in [0.15, 0.2) is 23.0 Å². The zero-order chi connectivity index (χ0) is 23.3. The van der Waals surface area contributed by atoms with E-state index in [1.54, 1.807) is 25.1 Å². The number of rotatable bonds is 4. The number of carbonyl (C=O) groups is 2. The van der Waals surface area contributed by atoms with E-state index in [0.29, 0.717) is 30.3 Å². The predicted octanol–water partition coefficient (Wildman–Crippen LogP) is 3.14. The van der Waals surface area contributed by atoms with E-state index >= 15 is 0 Å². The van der Waals surface area contributed by atoms with Crippen molar-refractivity contribution in [1.29, 1.82) is 0 Å². The number of nitrogens with one attached hydrogen (secondary N) is 1. The van der Waals surface area contributed by atoms with Crippen molar-refractivity contribution in [2.24, 2.45) is 0 Å². The minimum atomic E-state index is -1.16. The summed E-state index contributed by atoms with van der Waals surface area (Å²) in [7, 11) is 0. The van der Waals surface area contributed by atoms with Gasteiger partial charge >= 0.3 is 6.03 Å². The van der Waals surface area contributed by atoms with E-state index < -0.39 is 11.6 Å². The first-order valence-electron chi connectivity index (χ1n) is 11.7. The maximum Gasteiger partial charge on any atom is 0.326 e. The highest BCUT2D eigenvalue weighted by molar-refractivity contribution is 6.07. The quantitative estimate of drug-likeness (QED) is 0.694. The highest BCUT2D eigenvalue weighted by atomic mass is 16.7. The average Bonchev–Trinajstić information content (AvgIpc) is 3.50. The normalized spacial score (nSPS) is 26.0. The van der Waals surface area contributed by atoms with Gasteiger partial charge in [0.2, 0.25) is 6.79 Å². The van der Waals surface area contributed by atoms with Crippen LogP contribution in [0.25, 0.3) is 0 Å². The van der Waals surface area contributed by atoms with E-state index in [-0.39, 0.29) is 25.4 Å². The van der Waals surface area contributed by atoms with Gasteiger partial charge in [0.25, 0.3) is 5.91 Å². The molecule has 3 amide bonds. The summed E-state index contributed by atoms with van der Waals surface area (Å²) in [6.45, 7) is 4.19. The Morgan fingerprint density at radius 2 is 1.68 bits per heavy atom. The molecule has 0 radical (unpaired) electrons. The van der Waals surface area contributed by atoms with Crippen molar-refractivity contribution < 1.29 is 28.5 Å². The molecule has 4 aliphatic rings. The molecule has 2 fully saturated rings. The van der Waals surface area contributed by atoms with Gasteiger partial charge in [-0.05, 0) is 55.2 Å². The number of carbonyl (C=O) groups excluding carboxylic acids is 2. The first-order valence-corrected chi connectivity index (χ1v) is 11.7. The van der Waals surface area contributed by atoms with Crippen LogP contribution in [0.5, 0.6) is 23.0 Å². The lowest BCUT2D eigenvalue weighted by atomic mass is 9.92. The fourth-order valence-electron chi connectivity index (χ4n) is 5.17. The molecule has 1 N–H and O–H groups in total. The number of hydrogen-bond acceptors (Lipinski definition) is 7. The minimum absolute atomic E-state index is 0.0927. The van der Waals surface area contributed by atoms with Crippen LogP contribution in [0.3, 0.4) is 0 Å². The Morgan fingerprint density at radius 1 is 0.941 bits per heavy atom. The molecule has 178 valence electrons. The van der Waals surface area contributed by atoms with Crippen LogP contribution in [0, 0.1) is 0 Å². The van der Waals surface area contributed by atoms with Gasteiger partial charge in [0.05, 0.1) is 19.9 Å². The maximum absolute atomic E-state index is 13.5. The SMILES string of the molecule is C[C@@]1(c2ccc3c(c2)OCO3)NC(=O)N(CN2CCC[C@H]2c2ccc3c(c2)OCCCO3)C1=O. The number of nitrogens with zero attached hydrogens (tertiary/aromatic N) is 2. The van der Waals surface area contributed by atoms with Crippen LogP contribution in [0.2, 0.25) is 0 Å². The van der Waals surface area contributed by atoms with Crippen LogP contribution < -0.4 is 24.3 Å². The van der Waals surface area contributed by atoms with Crippen LogP contribution in [0.1, 0.15) is 43.4 Å². The number of urea groups is 1. The molecule has 0 bridgehead atoms. The Balaban J connectivity index is 1.22. The van der Waals surface area contributed by atoms with Crippen molar-refractivity contribution in [3.63, 3.8) is 0 Å². The fraction of sp³-hybridized carbons (Fsp3) is 0.440. The summed E-state index contributed by atoms with van der Waals surface area (Å²) in [6, 6.07) is 11.1. The molecule has 2 aromatic carbocycles. The highest BCUT2D eigenvalue weighted by Crippen LogP contribution is 2.40. The highest BCUT2D eigenvalue weighted by Gasteiger charge is 2.50. The van der Waals surface area contributed by atoms with Crippen molar-refractivity contribution >= 4 is 11.9 Å². The molecule has 2 atom stereocenters. The van der Waals surface area contributed by atoms with Gasteiger partial charge < -0.3 is 24.3 Å². The molecule has 2 saturated heterocycles. The zero-order valence-corrected chi connectivity index (χ0v) is 19.0. The number of ether oxygens (including phenoxy) is 4. The molecule has 9 nitrogen and oxygen atoms in total. The Kier molecular flexibility index (Phi) is 5.02. The van der Waals surface area contributed by atoms with E-state index in [0.717, 1.165) is 42.9 Å². The molecule has 0 aromatic heterocycles. The van der Waals surface area contributed by atoms with E-state index in [4.69, 9.17) is 18.9 Å². The zero-order valence-electron chi connectivity index (χ0n) is 19.0. The molecule has 9 heteroatoms. The number of imide groups is 1. The molecule has 2 aromatic rings. The van der Waals surface area contributed by atoms with E-state index in [9.17, 15) is 9.59 Å². The molecular formula is C25H27N3O6. The second-order valence-electron chi connectivity index (χ2n) is 9.22. The lowest BCUT2D eigenvalue weighted by molar-refractivity contribution is -0.132. The molecule has 0 saturated carbocycles. The van der Waals surface area contributed by atoms with Gasteiger partial charge in [-0.2, -0.15) is 0 Å². The summed E-state index contributed by atoms with van der Waals surface area (Å²) in [6.07, 6.45) is 2.79. The van der Waals surface area contributed by atoms with Crippen LogP contribution >= 0.6 is 0 Å². The topological polar surface area (TPSA) is 89.6 Å². The largest absolute Gasteiger partial charge is 0.490 e. The molecular weight excluding hydrogens is 438 g/mol. The van der Waals surface area contributed by atoms with Crippen molar-refractivity contribution in [1.82, 2.24) is 15.1 Å². The molecule has 0 unspecified atom stereocenters. The summed E-state index contributed by atoms with van der Waals surface area (Å²) in [5.41, 5.74) is 0.605. The summed E-state index contributed by atoms with van der Waals surface area (Å²) in [4.78, 5) is 29.9. The van der Waals surface area contributed by atoms with Gasteiger partial charge in [0.1, 0.15) is 5.54 Å². The lowest BCUT2D eigenvalue weighted by Crippen LogP contribution is -2.43. The molecule has 0 aliphatic carbocycles. The van der Waals surface area contributed by atoms with Crippen LogP contribution in [-0.2, 0) is 10.3 Å². The lowest BCUT2D eigenvalue weighted by Gasteiger charge is -2.29. The Morgan fingerprint density at radius 3 is 2.56 bits per heavy atom. The number of fused-ring (bicyclic) bond motifs is 2. The number of benzene rings is 2. The van der Waals surface area contributed by atoms with Crippen molar-refractivity contribution in [3.8, 4) is 23.0 Å². The molecule has 4 heterocycles. The molecule has 0 spiro atoms. The molecule has 4 aliphatic heterocycles. The second kappa shape index (κ2) is 8.09. The summed E-state index contributed by atoms with van der Waals surface area (Å²) in [5, 5.41) is 2.89. The van der Waals surface area contributed by atoms with Crippen molar-refractivity contribution in [2.45, 2.75) is 37.8 Å². The van der Waals surface area contributed by atoms with Crippen molar-refractivity contribution in [3.05, 3.63) is 47.5 Å². The van der Waals surface area contributed by atoms with Crippen LogP contribution in [0.4, 0.5) is 4.79 Å². The average molecular weight is 466 g/mol. The molecule has 6 rings (SSSR count). The van der Waals surface area contributed by atoms with Gasteiger partial charge in [-0.15, -0.1) is 0 Å². The van der Waals surface area contributed by atoms with E-state index in [2.05, 4.69) is 16.3 Å². The monoisotopic (exact) mass is 465 g/mol. The smallest absolute Gasteiger partial charge is 0.326 e. The van der Waals surface area contributed by atoms with Crippen LogP contribution in [0.15, 0.2) is 36.4 Å². The summed E-state index contributed by atoms with van der Waals surface area (Å²) >= 11 is 0. The third-order valence-electron chi connectivity index (χ3n) is 7.07. The van der Waals surface area contributed by atoms with Gasteiger partial charge in [-0.25, -0.2) is 9.69 Å². The first-order chi connectivity index (χ1) is 16.5. The maximum atomic E-state index is 13.5. The standard InChI is InChI=1S/C25H27N3O6/c1-25(17-6-8-20-22(13-17)34-15-33-20)23(29)28(24(30)26-25)14-27-9-2-4-18(27)16-5-7-19-21(12-16)32-11-3-10-31-19/h5-8,12-13,18H,2-4,9-11,14-15H2,1H3,(H,26,30)/t18-,25-/m0/s1. The van der Waals surface area contributed by atoms with Crippen molar-refractivity contribution in [2.75, 3.05) is 33.2 Å².